The number of imidazole rings is 2. The Balaban J connectivity index is 0.971. The van der Waals surface area contributed by atoms with Gasteiger partial charge in [0.15, 0.2) is 0 Å². The smallest absolute Gasteiger partial charge is 0.407 e. The van der Waals surface area contributed by atoms with Gasteiger partial charge in [-0.05, 0) is 116 Å². The first-order valence-corrected chi connectivity index (χ1v) is 20.0. The number of hydrogen-bond acceptors (Lipinski definition) is 8. The van der Waals surface area contributed by atoms with Gasteiger partial charge in [0.05, 0.1) is 49.6 Å². The number of benzene rings is 2. The maximum absolute atomic E-state index is 13.7. The average molecular weight is 775 g/mol. The zero-order valence-corrected chi connectivity index (χ0v) is 32.7. The number of alkyl carbamates (subject to hydrolysis) is 2. The van der Waals surface area contributed by atoms with Crippen LogP contribution in [0.1, 0.15) is 99.0 Å². The molecule has 8 rings (SSSR count). The molecule has 2 aliphatic carbocycles. The summed E-state index contributed by atoms with van der Waals surface area (Å²) in [6.07, 6.45) is 11.4. The molecule has 0 radical (unpaired) electrons. The van der Waals surface area contributed by atoms with Gasteiger partial charge in [-0.15, -0.1) is 0 Å². The summed E-state index contributed by atoms with van der Waals surface area (Å²) in [4.78, 5) is 71.7. The van der Waals surface area contributed by atoms with E-state index in [0.717, 1.165) is 96.1 Å². The average Bonchev–Trinajstić information content (AvgIpc) is 3.99. The lowest BCUT2D eigenvalue weighted by Gasteiger charge is -2.28. The fraction of sp³-hybridized carbons (Fsp3) is 0.442. The largest absolute Gasteiger partial charge is 0.453 e. The van der Waals surface area contributed by atoms with Gasteiger partial charge in [-0.2, -0.15) is 0 Å². The van der Waals surface area contributed by atoms with Crippen LogP contribution in [0.3, 0.4) is 0 Å². The van der Waals surface area contributed by atoms with Gasteiger partial charge in [0, 0.05) is 18.7 Å². The van der Waals surface area contributed by atoms with Crippen molar-refractivity contribution in [3.05, 3.63) is 77.8 Å². The molecule has 4 aromatic rings. The number of carbonyl (C=O) groups is 4. The predicted molar refractivity (Wildman–Crippen MR) is 215 cm³/mol. The maximum atomic E-state index is 13.7. The van der Waals surface area contributed by atoms with Gasteiger partial charge in [-0.1, -0.05) is 30.8 Å². The van der Waals surface area contributed by atoms with Crippen LogP contribution in [0.15, 0.2) is 49.2 Å². The molecule has 2 saturated carbocycles. The van der Waals surface area contributed by atoms with Crippen molar-refractivity contribution in [1.82, 2.24) is 40.4 Å². The summed E-state index contributed by atoms with van der Waals surface area (Å²) in [7, 11) is 2.62. The fourth-order valence-electron chi connectivity index (χ4n) is 8.43. The van der Waals surface area contributed by atoms with Gasteiger partial charge < -0.3 is 39.9 Å². The molecule has 14 heteroatoms. The Morgan fingerprint density at radius 2 is 1.39 bits per heavy atom. The second-order valence-electron chi connectivity index (χ2n) is 15.7. The monoisotopic (exact) mass is 774 g/mol. The number of ether oxygens (including phenoxy) is 2. The first-order valence-electron chi connectivity index (χ1n) is 20.0. The summed E-state index contributed by atoms with van der Waals surface area (Å²) in [5.41, 5.74) is 5.49. The van der Waals surface area contributed by atoms with Crippen LogP contribution in [0.5, 0.6) is 0 Å². The van der Waals surface area contributed by atoms with E-state index in [-0.39, 0.29) is 35.7 Å². The number of nitrogens with zero attached hydrogens (tertiary/aromatic N) is 4. The Hall–Kier alpha value is -5.92. The Labute approximate surface area is 331 Å². The van der Waals surface area contributed by atoms with E-state index < -0.39 is 24.3 Å². The third-order valence-corrected chi connectivity index (χ3v) is 11.9. The Kier molecular flexibility index (Phi) is 10.6. The van der Waals surface area contributed by atoms with Crippen molar-refractivity contribution in [1.29, 1.82) is 0 Å². The van der Waals surface area contributed by atoms with Crippen molar-refractivity contribution in [2.45, 2.75) is 82.5 Å². The second-order valence-corrected chi connectivity index (χ2v) is 15.7. The van der Waals surface area contributed by atoms with E-state index in [0.29, 0.717) is 24.6 Å². The van der Waals surface area contributed by atoms with Gasteiger partial charge in [-0.25, -0.2) is 19.6 Å². The van der Waals surface area contributed by atoms with Gasteiger partial charge in [0.1, 0.15) is 23.7 Å². The van der Waals surface area contributed by atoms with Crippen LogP contribution in [-0.4, -0.2) is 93.1 Å². The first kappa shape index (κ1) is 38.0. The number of H-pyrrole nitrogens is 2. The minimum absolute atomic E-state index is 0.0801. The molecule has 57 heavy (non-hydrogen) atoms. The van der Waals surface area contributed by atoms with E-state index in [1.54, 1.807) is 6.08 Å². The van der Waals surface area contributed by atoms with Gasteiger partial charge >= 0.3 is 12.2 Å². The van der Waals surface area contributed by atoms with Crippen molar-refractivity contribution in [2.24, 2.45) is 11.8 Å². The Morgan fingerprint density at radius 1 is 0.807 bits per heavy atom. The van der Waals surface area contributed by atoms with E-state index in [1.165, 1.54) is 14.2 Å². The van der Waals surface area contributed by atoms with E-state index in [1.807, 2.05) is 16.0 Å². The third kappa shape index (κ3) is 7.90. The molecular weight excluding hydrogens is 725 g/mol. The van der Waals surface area contributed by atoms with Gasteiger partial charge in [0.2, 0.25) is 11.8 Å². The summed E-state index contributed by atoms with van der Waals surface area (Å²) in [5.74, 6) is 1.54. The molecule has 4 atom stereocenters. The molecule has 0 unspecified atom stereocenters. The van der Waals surface area contributed by atoms with Crippen molar-refractivity contribution in [2.75, 3.05) is 27.3 Å². The van der Waals surface area contributed by atoms with Crippen molar-refractivity contribution in [3.63, 3.8) is 0 Å². The molecule has 2 aliphatic heterocycles. The summed E-state index contributed by atoms with van der Waals surface area (Å²) in [6, 6.07) is 11.1. The highest BCUT2D eigenvalue weighted by atomic mass is 16.5. The molecule has 14 nitrogen and oxygen atoms in total. The van der Waals surface area contributed by atoms with Crippen molar-refractivity contribution < 1.29 is 28.7 Å². The number of fused-ring (bicyclic) bond motifs is 1. The molecule has 4 amide bonds. The molecule has 4 N–H and O–H groups in total. The number of rotatable bonds is 12. The minimum Gasteiger partial charge on any atom is -0.453 e. The molecular formula is C43H50N8O6. The molecule has 4 aliphatic rings. The summed E-state index contributed by atoms with van der Waals surface area (Å²) < 4.78 is 9.60. The van der Waals surface area contributed by atoms with Gasteiger partial charge in [-0.3, -0.25) is 9.59 Å². The molecule has 4 fully saturated rings. The van der Waals surface area contributed by atoms with Crippen LogP contribution in [0.2, 0.25) is 0 Å². The molecule has 0 spiro atoms. The summed E-state index contributed by atoms with van der Waals surface area (Å²) in [6.45, 7) is 7.29. The molecule has 2 saturated heterocycles. The second kappa shape index (κ2) is 15.9. The fourth-order valence-corrected chi connectivity index (χ4v) is 8.43. The maximum Gasteiger partial charge on any atom is 0.407 e. The number of amides is 4. The van der Waals surface area contributed by atoms with E-state index in [2.05, 4.69) is 76.6 Å². The van der Waals surface area contributed by atoms with Crippen LogP contribution in [0.25, 0.3) is 39.8 Å². The highest BCUT2D eigenvalue weighted by molar-refractivity contribution is 5.92. The normalized spacial score (nSPS) is 20.6. The number of aromatic amines is 2. The van der Waals surface area contributed by atoms with Crippen LogP contribution in [0, 0.1) is 11.8 Å². The quantitative estimate of drug-likeness (QED) is 0.122. The highest BCUT2D eigenvalue weighted by Gasteiger charge is 2.44. The number of nitrogens with one attached hydrogen (secondary N) is 4. The molecule has 298 valence electrons. The SMILES string of the molecule is C=Cc1nc([C@@H]2CCCN2C(=O)[C@@H](NC(=O)OC)C2CC2)[nH]c1/C=C(\C)c1ccc2cc(-c3cnc([C@@H]4CCCN4C(=O)[C@@H](NC(=O)OC)C4CC4)[nH]3)ccc2c1. The minimum atomic E-state index is -0.599. The number of likely N-dealkylation sites (tertiary alicyclic amines) is 2. The number of methoxy groups -OCH3 is 2. The number of hydrogen-bond donors (Lipinski definition) is 4. The highest BCUT2D eigenvalue weighted by Crippen LogP contribution is 2.39. The first-order chi connectivity index (χ1) is 27.6. The lowest BCUT2D eigenvalue weighted by molar-refractivity contribution is -0.135. The van der Waals surface area contributed by atoms with Crippen LogP contribution in [-0.2, 0) is 19.1 Å². The Bertz CT molecular complexity index is 2230. The van der Waals surface area contributed by atoms with Crippen molar-refractivity contribution >= 4 is 52.5 Å². The van der Waals surface area contributed by atoms with Gasteiger partial charge in [0.25, 0.3) is 0 Å². The Morgan fingerprint density at radius 3 is 1.96 bits per heavy atom. The number of aromatic nitrogens is 4. The summed E-state index contributed by atoms with van der Waals surface area (Å²) in [5, 5.41) is 7.69. The number of carbonyl (C=O) groups excluding carboxylic acids is 4. The van der Waals surface area contributed by atoms with Crippen LogP contribution in [0.4, 0.5) is 9.59 Å². The lowest BCUT2D eigenvalue weighted by atomic mass is 9.99. The van der Waals surface area contributed by atoms with Crippen molar-refractivity contribution in [3.8, 4) is 11.3 Å². The molecule has 4 heterocycles. The topological polar surface area (TPSA) is 175 Å². The van der Waals surface area contributed by atoms with E-state index in [9.17, 15) is 19.2 Å². The van der Waals surface area contributed by atoms with Crippen LogP contribution >= 0.6 is 0 Å². The van der Waals surface area contributed by atoms with Crippen LogP contribution < -0.4 is 10.6 Å². The summed E-state index contributed by atoms with van der Waals surface area (Å²) >= 11 is 0. The third-order valence-electron chi connectivity index (χ3n) is 11.9. The molecule has 0 bridgehead atoms. The van der Waals surface area contributed by atoms with E-state index >= 15 is 0 Å². The predicted octanol–water partition coefficient (Wildman–Crippen LogP) is 6.75. The molecule has 2 aromatic carbocycles. The zero-order valence-electron chi connectivity index (χ0n) is 32.7. The molecule has 2 aromatic heterocycles. The zero-order chi connectivity index (χ0) is 39.8. The van der Waals surface area contributed by atoms with E-state index in [4.69, 9.17) is 19.4 Å². The lowest BCUT2D eigenvalue weighted by Crippen LogP contribution is -2.49. The number of allylic oxidation sites excluding steroid dienone is 1. The standard InChI is InChI=1S/C43H50N8O6/c1-5-31-32(46-39(45-31)35-9-7-19-51(35)41(53)37(26-12-13-26)49-43(55)57-4)20-24(2)27-14-15-29-22-30(17-16-28(29)21-27)33-23-44-38(47-33)34-8-6-18-50(34)40(52)36(25-10-11-25)48-42(54)56-3/h5,14-17,20-23,25-26,34-37H,1,6-13,18-19H2,2-4H3,(H,44,47)(H,45,46)(H,48,54)(H,49,55)/b24-20+/t34-,35-,36-,37-/m0/s1.